The molecule has 0 saturated carbocycles. The Balaban J connectivity index is 2.03. The van der Waals surface area contributed by atoms with Gasteiger partial charge in [-0.05, 0) is 40.6 Å². The number of anilines is 2. The monoisotopic (exact) mass is 266 g/mol. The predicted molar refractivity (Wildman–Crippen MR) is 72.5 cm³/mol. The van der Waals surface area contributed by atoms with E-state index in [4.69, 9.17) is 17.3 Å². The molecule has 0 fully saturated rings. The van der Waals surface area contributed by atoms with Crippen LogP contribution in [-0.4, -0.2) is 5.91 Å². The highest BCUT2D eigenvalue weighted by atomic mass is 35.5. The lowest BCUT2D eigenvalue weighted by Crippen LogP contribution is -2.15. The van der Waals surface area contributed by atoms with E-state index in [1.165, 1.54) is 0 Å². The summed E-state index contributed by atoms with van der Waals surface area (Å²) < 4.78 is 0. The van der Waals surface area contributed by atoms with Gasteiger partial charge in [0.2, 0.25) is 5.91 Å². The average molecular weight is 267 g/mol. The van der Waals surface area contributed by atoms with Crippen LogP contribution >= 0.6 is 22.9 Å². The van der Waals surface area contributed by atoms with Crippen LogP contribution in [0.5, 0.6) is 0 Å². The van der Waals surface area contributed by atoms with Crippen molar-refractivity contribution in [1.29, 1.82) is 0 Å². The number of rotatable bonds is 3. The molecule has 0 atom stereocenters. The number of amides is 1. The van der Waals surface area contributed by atoms with Gasteiger partial charge in [-0.2, -0.15) is 11.3 Å². The molecule has 0 saturated heterocycles. The highest BCUT2D eigenvalue weighted by Crippen LogP contribution is 2.22. The van der Waals surface area contributed by atoms with E-state index >= 15 is 0 Å². The molecule has 3 N–H and O–H groups in total. The molecule has 0 spiro atoms. The van der Waals surface area contributed by atoms with Gasteiger partial charge in [0.15, 0.2) is 0 Å². The molecule has 2 rings (SSSR count). The Morgan fingerprint density at radius 1 is 1.41 bits per heavy atom. The lowest BCUT2D eigenvalue weighted by atomic mass is 10.2. The maximum Gasteiger partial charge on any atom is 0.228 e. The van der Waals surface area contributed by atoms with Crippen LogP contribution in [0.25, 0.3) is 0 Å². The number of thiophene rings is 1. The normalized spacial score (nSPS) is 10.2. The molecule has 0 radical (unpaired) electrons. The molecule has 1 aromatic carbocycles. The number of carbonyl (C=O) groups excluding carboxylic acids is 1. The van der Waals surface area contributed by atoms with E-state index in [0.717, 1.165) is 5.56 Å². The smallest absolute Gasteiger partial charge is 0.228 e. The second-order valence-corrected chi connectivity index (χ2v) is 4.80. The highest BCUT2D eigenvalue weighted by Gasteiger charge is 2.06. The summed E-state index contributed by atoms with van der Waals surface area (Å²) in [5.74, 6) is -0.0857. The van der Waals surface area contributed by atoms with Crippen molar-refractivity contribution in [3.63, 3.8) is 0 Å². The number of nitrogens with one attached hydrogen (secondary N) is 1. The molecule has 3 nitrogen and oxygen atoms in total. The van der Waals surface area contributed by atoms with Gasteiger partial charge in [-0.3, -0.25) is 4.79 Å². The number of hydrogen-bond acceptors (Lipinski definition) is 3. The molecule has 0 aliphatic carbocycles. The van der Waals surface area contributed by atoms with E-state index < -0.39 is 0 Å². The van der Waals surface area contributed by atoms with Gasteiger partial charge >= 0.3 is 0 Å². The fraction of sp³-hybridized carbons (Fsp3) is 0.0833. The minimum absolute atomic E-state index is 0.0857. The second-order valence-electron chi connectivity index (χ2n) is 3.59. The highest BCUT2D eigenvalue weighted by molar-refractivity contribution is 7.08. The lowest BCUT2D eigenvalue weighted by molar-refractivity contribution is -0.115. The molecule has 1 amide bonds. The van der Waals surface area contributed by atoms with Gasteiger partial charge < -0.3 is 11.1 Å². The number of nitrogens with two attached hydrogens (primary N) is 1. The van der Waals surface area contributed by atoms with Crippen molar-refractivity contribution in [2.45, 2.75) is 6.42 Å². The summed E-state index contributed by atoms with van der Waals surface area (Å²) >= 11 is 7.35. The van der Waals surface area contributed by atoms with Gasteiger partial charge in [0.1, 0.15) is 0 Å². The van der Waals surface area contributed by atoms with E-state index in [-0.39, 0.29) is 5.91 Å². The number of benzene rings is 1. The Kier molecular flexibility index (Phi) is 3.66. The first-order valence-corrected chi connectivity index (χ1v) is 6.33. The van der Waals surface area contributed by atoms with Gasteiger partial charge in [-0.15, -0.1) is 0 Å². The van der Waals surface area contributed by atoms with E-state index in [9.17, 15) is 4.79 Å². The fourth-order valence-electron chi connectivity index (χ4n) is 1.42. The number of hydrogen-bond donors (Lipinski definition) is 2. The maximum absolute atomic E-state index is 11.7. The first-order chi connectivity index (χ1) is 8.15. The van der Waals surface area contributed by atoms with Crippen LogP contribution in [0.1, 0.15) is 5.56 Å². The van der Waals surface area contributed by atoms with Crippen LogP contribution in [0.2, 0.25) is 5.02 Å². The molecular formula is C12H11ClN2OS. The number of nitrogen functional groups attached to an aromatic ring is 1. The summed E-state index contributed by atoms with van der Waals surface area (Å²) in [6.07, 6.45) is 0.353. The molecule has 88 valence electrons. The van der Waals surface area contributed by atoms with E-state index in [1.54, 1.807) is 29.5 Å². The van der Waals surface area contributed by atoms with Gasteiger partial charge in [0.25, 0.3) is 0 Å². The molecule has 2 aromatic rings. The van der Waals surface area contributed by atoms with Crippen molar-refractivity contribution in [2.75, 3.05) is 11.1 Å². The van der Waals surface area contributed by atoms with Crippen molar-refractivity contribution in [1.82, 2.24) is 0 Å². The average Bonchev–Trinajstić information content (AvgIpc) is 2.75. The largest absolute Gasteiger partial charge is 0.397 e. The molecule has 0 aliphatic rings. The number of halogens is 1. The summed E-state index contributed by atoms with van der Waals surface area (Å²) in [4.78, 5) is 11.7. The van der Waals surface area contributed by atoms with Crippen molar-refractivity contribution >= 4 is 40.2 Å². The maximum atomic E-state index is 11.7. The third-order valence-corrected chi connectivity index (χ3v) is 3.20. The molecule has 1 heterocycles. The second kappa shape index (κ2) is 5.21. The summed E-state index contributed by atoms with van der Waals surface area (Å²) in [6.45, 7) is 0. The van der Waals surface area contributed by atoms with Gasteiger partial charge in [0.05, 0.1) is 17.8 Å². The van der Waals surface area contributed by atoms with Crippen LogP contribution in [-0.2, 0) is 11.2 Å². The zero-order valence-electron chi connectivity index (χ0n) is 8.94. The molecule has 17 heavy (non-hydrogen) atoms. The topological polar surface area (TPSA) is 55.1 Å². The number of carbonyl (C=O) groups is 1. The van der Waals surface area contributed by atoms with Crippen LogP contribution in [0.15, 0.2) is 35.0 Å². The van der Waals surface area contributed by atoms with Crippen LogP contribution in [0.3, 0.4) is 0 Å². The summed E-state index contributed by atoms with van der Waals surface area (Å²) in [7, 11) is 0. The first-order valence-electron chi connectivity index (χ1n) is 5.01. The summed E-state index contributed by atoms with van der Waals surface area (Å²) in [5, 5.41) is 7.20. The van der Waals surface area contributed by atoms with Crippen molar-refractivity contribution in [2.24, 2.45) is 0 Å². The Labute approximate surface area is 108 Å². The van der Waals surface area contributed by atoms with Crippen molar-refractivity contribution < 1.29 is 4.79 Å². The first kappa shape index (κ1) is 12.0. The summed E-state index contributed by atoms with van der Waals surface area (Å²) in [5.41, 5.74) is 7.81. The zero-order valence-corrected chi connectivity index (χ0v) is 10.5. The minimum atomic E-state index is -0.0857. The molecule has 0 unspecified atom stereocenters. The standard InChI is InChI=1S/C12H11ClN2OS/c13-9-1-2-11(10(14)6-9)15-12(16)5-8-3-4-17-7-8/h1-4,6-7H,5,14H2,(H,15,16). The molecule has 1 aromatic heterocycles. The molecular weight excluding hydrogens is 256 g/mol. The van der Waals surface area contributed by atoms with Gasteiger partial charge in [-0.1, -0.05) is 11.6 Å². The lowest BCUT2D eigenvalue weighted by Gasteiger charge is -2.07. The third-order valence-electron chi connectivity index (χ3n) is 2.23. The van der Waals surface area contributed by atoms with Crippen LogP contribution in [0, 0.1) is 0 Å². The van der Waals surface area contributed by atoms with Crippen molar-refractivity contribution in [3.8, 4) is 0 Å². The molecule has 0 aliphatic heterocycles. The Morgan fingerprint density at radius 3 is 2.88 bits per heavy atom. The van der Waals surface area contributed by atoms with E-state index in [0.29, 0.717) is 22.8 Å². The van der Waals surface area contributed by atoms with Gasteiger partial charge in [0, 0.05) is 5.02 Å². The molecule has 5 heteroatoms. The third kappa shape index (κ3) is 3.22. The van der Waals surface area contributed by atoms with Crippen LogP contribution < -0.4 is 11.1 Å². The van der Waals surface area contributed by atoms with Crippen LogP contribution in [0.4, 0.5) is 11.4 Å². The fourth-order valence-corrected chi connectivity index (χ4v) is 2.27. The minimum Gasteiger partial charge on any atom is -0.397 e. The SMILES string of the molecule is Nc1cc(Cl)ccc1NC(=O)Cc1ccsc1. The van der Waals surface area contributed by atoms with Gasteiger partial charge in [-0.25, -0.2) is 0 Å². The molecule has 0 bridgehead atoms. The quantitative estimate of drug-likeness (QED) is 0.839. The van der Waals surface area contributed by atoms with E-state index in [1.807, 2.05) is 16.8 Å². The Hall–Kier alpha value is -1.52. The van der Waals surface area contributed by atoms with Crippen molar-refractivity contribution in [3.05, 3.63) is 45.6 Å². The van der Waals surface area contributed by atoms with E-state index in [2.05, 4.69) is 5.32 Å². The zero-order chi connectivity index (χ0) is 12.3. The Bertz CT molecular complexity index is 525. The summed E-state index contributed by atoms with van der Waals surface area (Å²) in [6, 6.07) is 6.93. The predicted octanol–water partition coefficient (Wildman–Crippen LogP) is 3.16. The Morgan fingerprint density at radius 2 is 2.24 bits per heavy atom.